The van der Waals surface area contributed by atoms with Crippen LogP contribution >= 0.6 is 0 Å². The van der Waals surface area contributed by atoms with E-state index >= 15 is 0 Å². The Morgan fingerprint density at radius 2 is 2.07 bits per heavy atom. The summed E-state index contributed by atoms with van der Waals surface area (Å²) in [5.41, 5.74) is 1.55. The third-order valence-electron chi connectivity index (χ3n) is 3.83. The topological polar surface area (TPSA) is 17.1 Å². The molecule has 0 bridgehead atoms. The largest absolute Gasteiger partial charge is 0.295 e. The van der Waals surface area contributed by atoms with Gasteiger partial charge < -0.3 is 0 Å². The highest BCUT2D eigenvalue weighted by Gasteiger charge is 2.38. The molecule has 1 aliphatic rings. The van der Waals surface area contributed by atoms with E-state index in [4.69, 9.17) is 0 Å². The molecular formula is C13H22O. The molecule has 0 fully saturated rings. The van der Waals surface area contributed by atoms with Crippen molar-refractivity contribution in [2.24, 2.45) is 11.3 Å². The summed E-state index contributed by atoms with van der Waals surface area (Å²) < 4.78 is 0. The molecule has 0 aromatic rings. The maximum atomic E-state index is 11.9. The van der Waals surface area contributed by atoms with E-state index < -0.39 is 0 Å². The number of carbonyl (C=O) groups is 1. The predicted octanol–water partition coefficient (Wildman–Crippen LogP) is 3.74. The van der Waals surface area contributed by atoms with Gasteiger partial charge in [0, 0.05) is 5.92 Å². The summed E-state index contributed by atoms with van der Waals surface area (Å²) in [6.07, 6.45) is 6.12. The van der Waals surface area contributed by atoms with Crippen LogP contribution in [0.3, 0.4) is 0 Å². The summed E-state index contributed by atoms with van der Waals surface area (Å²) in [4.78, 5) is 11.9. The van der Waals surface area contributed by atoms with Gasteiger partial charge in [0.2, 0.25) is 0 Å². The fraction of sp³-hybridized carbons (Fsp3) is 0.769. The Kier molecular flexibility index (Phi) is 3.52. The van der Waals surface area contributed by atoms with Gasteiger partial charge in [0.25, 0.3) is 0 Å². The first-order valence-corrected chi connectivity index (χ1v) is 5.80. The zero-order chi connectivity index (χ0) is 10.8. The van der Waals surface area contributed by atoms with Crippen molar-refractivity contribution >= 4 is 5.78 Å². The first kappa shape index (κ1) is 11.5. The van der Waals surface area contributed by atoms with Crippen LogP contribution in [-0.4, -0.2) is 5.78 Å². The standard InChI is InChI=1S/C13H22O/c1-5-10-8-12(14)11(6-2)13(4,7-3)9-10/h8,11H,5-7,9H2,1-4H3/t11?,13-/m0/s1. The van der Waals surface area contributed by atoms with Gasteiger partial charge in [0.1, 0.15) is 0 Å². The molecule has 80 valence electrons. The van der Waals surface area contributed by atoms with Crippen molar-refractivity contribution in [1.82, 2.24) is 0 Å². The van der Waals surface area contributed by atoms with Crippen LogP contribution in [0.15, 0.2) is 11.6 Å². The molecule has 0 spiro atoms. The van der Waals surface area contributed by atoms with E-state index in [-0.39, 0.29) is 11.3 Å². The number of hydrogen-bond donors (Lipinski definition) is 0. The summed E-state index contributed by atoms with van der Waals surface area (Å²) >= 11 is 0. The third-order valence-corrected chi connectivity index (χ3v) is 3.83. The quantitative estimate of drug-likeness (QED) is 0.669. The SMILES string of the molecule is CCC1=CC(=O)C(CC)[C@@](C)(CC)C1. The van der Waals surface area contributed by atoms with Gasteiger partial charge in [-0.25, -0.2) is 0 Å². The Morgan fingerprint density at radius 3 is 2.50 bits per heavy atom. The highest BCUT2D eigenvalue weighted by molar-refractivity contribution is 5.94. The van der Waals surface area contributed by atoms with E-state index in [1.165, 1.54) is 5.57 Å². The van der Waals surface area contributed by atoms with Crippen molar-refractivity contribution in [2.75, 3.05) is 0 Å². The van der Waals surface area contributed by atoms with Crippen molar-refractivity contribution in [3.8, 4) is 0 Å². The lowest BCUT2D eigenvalue weighted by atomic mass is 9.64. The molecule has 0 aliphatic heterocycles. The molecule has 0 aromatic carbocycles. The van der Waals surface area contributed by atoms with Crippen LogP contribution in [0.4, 0.5) is 0 Å². The average molecular weight is 194 g/mol. The van der Waals surface area contributed by atoms with Gasteiger partial charge in [-0.2, -0.15) is 0 Å². The monoisotopic (exact) mass is 194 g/mol. The number of hydrogen-bond acceptors (Lipinski definition) is 1. The van der Waals surface area contributed by atoms with Crippen molar-refractivity contribution in [2.45, 2.75) is 53.4 Å². The zero-order valence-corrected chi connectivity index (χ0v) is 9.89. The Labute approximate surface area is 87.6 Å². The molecular weight excluding hydrogens is 172 g/mol. The van der Waals surface area contributed by atoms with Gasteiger partial charge in [-0.3, -0.25) is 4.79 Å². The fourth-order valence-electron chi connectivity index (χ4n) is 2.63. The molecule has 0 N–H and O–H groups in total. The van der Waals surface area contributed by atoms with Crippen LogP contribution in [-0.2, 0) is 4.79 Å². The smallest absolute Gasteiger partial charge is 0.159 e. The highest BCUT2D eigenvalue weighted by atomic mass is 16.1. The molecule has 1 rings (SSSR count). The Morgan fingerprint density at radius 1 is 1.43 bits per heavy atom. The first-order chi connectivity index (χ1) is 6.57. The normalized spacial score (nSPS) is 33.0. The summed E-state index contributed by atoms with van der Waals surface area (Å²) in [5, 5.41) is 0. The van der Waals surface area contributed by atoms with Gasteiger partial charge in [-0.05, 0) is 37.2 Å². The molecule has 0 aromatic heterocycles. The van der Waals surface area contributed by atoms with E-state index in [0.29, 0.717) is 5.78 Å². The van der Waals surface area contributed by atoms with Crippen molar-refractivity contribution in [3.63, 3.8) is 0 Å². The Bertz CT molecular complexity index is 252. The van der Waals surface area contributed by atoms with Crippen LogP contribution in [0.5, 0.6) is 0 Å². The summed E-state index contributed by atoms with van der Waals surface area (Å²) in [7, 11) is 0. The van der Waals surface area contributed by atoms with Gasteiger partial charge in [-0.15, -0.1) is 0 Å². The van der Waals surface area contributed by atoms with Gasteiger partial charge in [-0.1, -0.05) is 33.3 Å². The van der Waals surface area contributed by atoms with Crippen molar-refractivity contribution in [1.29, 1.82) is 0 Å². The molecule has 0 saturated heterocycles. The highest BCUT2D eigenvalue weighted by Crippen LogP contribution is 2.43. The van der Waals surface area contributed by atoms with Gasteiger partial charge in [0.05, 0.1) is 0 Å². The van der Waals surface area contributed by atoms with E-state index in [1.54, 1.807) is 0 Å². The molecule has 1 unspecified atom stereocenters. The minimum Gasteiger partial charge on any atom is -0.295 e. The van der Waals surface area contributed by atoms with E-state index in [1.807, 2.05) is 6.08 Å². The van der Waals surface area contributed by atoms with Crippen molar-refractivity contribution < 1.29 is 4.79 Å². The second-order valence-electron chi connectivity index (χ2n) is 4.70. The van der Waals surface area contributed by atoms with Crippen LogP contribution in [0, 0.1) is 11.3 Å². The lowest BCUT2D eigenvalue weighted by Crippen LogP contribution is -2.35. The molecule has 0 radical (unpaired) electrons. The number of allylic oxidation sites excluding steroid dienone is 2. The second-order valence-corrected chi connectivity index (χ2v) is 4.70. The first-order valence-electron chi connectivity index (χ1n) is 5.80. The molecule has 0 saturated carbocycles. The molecule has 1 nitrogen and oxygen atoms in total. The molecule has 2 atom stereocenters. The van der Waals surface area contributed by atoms with E-state index in [9.17, 15) is 4.79 Å². The molecule has 0 heterocycles. The molecule has 1 aliphatic carbocycles. The average Bonchev–Trinajstić information content (AvgIpc) is 2.17. The van der Waals surface area contributed by atoms with Crippen LogP contribution in [0.1, 0.15) is 53.4 Å². The van der Waals surface area contributed by atoms with Gasteiger partial charge >= 0.3 is 0 Å². The fourth-order valence-corrected chi connectivity index (χ4v) is 2.63. The van der Waals surface area contributed by atoms with Crippen molar-refractivity contribution in [3.05, 3.63) is 11.6 Å². The maximum absolute atomic E-state index is 11.9. The summed E-state index contributed by atoms with van der Waals surface area (Å²) in [6, 6.07) is 0. The number of carbonyl (C=O) groups excluding carboxylic acids is 1. The zero-order valence-electron chi connectivity index (χ0n) is 9.89. The van der Waals surface area contributed by atoms with Crippen LogP contribution in [0.2, 0.25) is 0 Å². The Hall–Kier alpha value is -0.590. The number of ketones is 1. The third kappa shape index (κ3) is 1.92. The lowest BCUT2D eigenvalue weighted by molar-refractivity contribution is -0.123. The second kappa shape index (κ2) is 4.29. The molecule has 14 heavy (non-hydrogen) atoms. The molecule has 0 amide bonds. The molecule has 1 heteroatoms. The minimum absolute atomic E-state index is 0.214. The Balaban J connectivity index is 2.98. The van der Waals surface area contributed by atoms with Crippen LogP contribution in [0.25, 0.3) is 0 Å². The number of rotatable bonds is 3. The lowest BCUT2D eigenvalue weighted by Gasteiger charge is -2.39. The maximum Gasteiger partial charge on any atom is 0.159 e. The minimum atomic E-state index is 0.214. The summed E-state index contributed by atoms with van der Waals surface area (Å²) in [6.45, 7) is 8.74. The van der Waals surface area contributed by atoms with Crippen LogP contribution < -0.4 is 0 Å². The van der Waals surface area contributed by atoms with Gasteiger partial charge in [0.15, 0.2) is 5.78 Å². The van der Waals surface area contributed by atoms with E-state index in [2.05, 4.69) is 27.7 Å². The predicted molar refractivity (Wildman–Crippen MR) is 60.2 cm³/mol. The summed E-state index contributed by atoms with van der Waals surface area (Å²) in [5.74, 6) is 0.614. The van der Waals surface area contributed by atoms with E-state index in [0.717, 1.165) is 25.7 Å².